The molecule has 0 bridgehead atoms. The molecule has 2 atom stereocenters. The predicted octanol–water partition coefficient (Wildman–Crippen LogP) is 1.87. The van der Waals surface area contributed by atoms with Gasteiger partial charge in [-0.2, -0.15) is 0 Å². The molecule has 1 saturated heterocycles. The van der Waals surface area contributed by atoms with E-state index >= 15 is 0 Å². The highest BCUT2D eigenvalue weighted by atomic mass is 16.4. The minimum absolute atomic E-state index is 0.0606. The van der Waals surface area contributed by atoms with Crippen molar-refractivity contribution in [3.63, 3.8) is 0 Å². The van der Waals surface area contributed by atoms with Gasteiger partial charge in [-0.25, -0.2) is 0 Å². The van der Waals surface area contributed by atoms with Crippen molar-refractivity contribution in [2.45, 2.75) is 57.9 Å². The molecule has 1 aliphatic carbocycles. The summed E-state index contributed by atoms with van der Waals surface area (Å²) >= 11 is 0. The molecule has 5 nitrogen and oxygen atoms in total. The van der Waals surface area contributed by atoms with Crippen LogP contribution in [0.3, 0.4) is 0 Å². The minimum Gasteiger partial charge on any atom is -0.481 e. The maximum absolute atomic E-state index is 11.9. The summed E-state index contributed by atoms with van der Waals surface area (Å²) in [6, 6.07) is 0.122. The Morgan fingerprint density at radius 1 is 1.19 bits per heavy atom. The van der Waals surface area contributed by atoms with Crippen LogP contribution in [-0.2, 0) is 9.59 Å². The molecule has 2 N–H and O–H groups in total. The fourth-order valence-electron chi connectivity index (χ4n) is 3.58. The highest BCUT2D eigenvalue weighted by molar-refractivity contribution is 5.77. The van der Waals surface area contributed by atoms with Crippen LogP contribution < -0.4 is 5.32 Å². The summed E-state index contributed by atoms with van der Waals surface area (Å²) in [5.74, 6) is -0.434. The quantitative estimate of drug-likeness (QED) is 0.812. The van der Waals surface area contributed by atoms with Gasteiger partial charge in [0, 0.05) is 25.6 Å². The lowest BCUT2D eigenvalue weighted by Gasteiger charge is -2.37. The van der Waals surface area contributed by atoms with Crippen molar-refractivity contribution in [1.82, 2.24) is 10.2 Å². The molecular formula is C16H28N2O3. The first-order chi connectivity index (χ1) is 10.1. The number of hydrogen-bond acceptors (Lipinski definition) is 3. The van der Waals surface area contributed by atoms with Gasteiger partial charge in [0.15, 0.2) is 0 Å². The molecule has 0 aromatic rings. The molecule has 1 aliphatic heterocycles. The van der Waals surface area contributed by atoms with Crippen LogP contribution in [0.1, 0.15) is 51.9 Å². The van der Waals surface area contributed by atoms with Crippen LogP contribution in [0.25, 0.3) is 0 Å². The van der Waals surface area contributed by atoms with Crippen LogP contribution in [-0.4, -0.2) is 47.6 Å². The molecule has 2 unspecified atom stereocenters. The van der Waals surface area contributed by atoms with Gasteiger partial charge in [0.25, 0.3) is 0 Å². The van der Waals surface area contributed by atoms with Gasteiger partial charge >= 0.3 is 5.97 Å². The Kier molecular flexibility index (Phi) is 6.03. The van der Waals surface area contributed by atoms with Crippen LogP contribution in [0.5, 0.6) is 0 Å². The molecular weight excluding hydrogens is 268 g/mol. The molecule has 0 spiro atoms. The van der Waals surface area contributed by atoms with E-state index < -0.39 is 11.9 Å². The normalized spacial score (nSPS) is 27.6. The van der Waals surface area contributed by atoms with E-state index in [1.165, 1.54) is 32.1 Å². The Morgan fingerprint density at radius 3 is 2.52 bits per heavy atom. The van der Waals surface area contributed by atoms with E-state index in [0.29, 0.717) is 25.9 Å². The first-order valence-corrected chi connectivity index (χ1v) is 8.34. The van der Waals surface area contributed by atoms with Crippen molar-refractivity contribution in [2.24, 2.45) is 11.8 Å². The smallest absolute Gasteiger partial charge is 0.308 e. The number of amides is 1. The number of nitrogens with one attached hydrogen (secondary N) is 1. The number of nitrogens with zero attached hydrogens (tertiary/aromatic N) is 1. The van der Waals surface area contributed by atoms with Crippen LogP contribution in [0, 0.1) is 11.8 Å². The summed E-state index contributed by atoms with van der Waals surface area (Å²) in [6.07, 6.45) is 7.61. The maximum Gasteiger partial charge on any atom is 0.308 e. The third-order valence-corrected chi connectivity index (χ3v) is 4.87. The van der Waals surface area contributed by atoms with Gasteiger partial charge in [0.1, 0.15) is 0 Å². The number of aliphatic carboxylic acids is 1. The van der Waals surface area contributed by atoms with E-state index in [1.807, 2.05) is 6.92 Å². The number of carbonyl (C=O) groups excluding carboxylic acids is 1. The number of carbonyl (C=O) groups is 2. The van der Waals surface area contributed by atoms with Gasteiger partial charge in [-0.3, -0.25) is 9.59 Å². The van der Waals surface area contributed by atoms with Crippen molar-refractivity contribution in [3.8, 4) is 0 Å². The molecule has 2 rings (SSSR count). The van der Waals surface area contributed by atoms with E-state index in [2.05, 4.69) is 5.32 Å². The zero-order chi connectivity index (χ0) is 15.2. The zero-order valence-electron chi connectivity index (χ0n) is 13.0. The third-order valence-electron chi connectivity index (χ3n) is 4.87. The largest absolute Gasteiger partial charge is 0.481 e. The molecule has 2 fully saturated rings. The molecule has 0 aromatic carbocycles. The third kappa shape index (κ3) is 4.70. The summed E-state index contributed by atoms with van der Waals surface area (Å²) in [5, 5.41) is 12.8. The summed E-state index contributed by atoms with van der Waals surface area (Å²) in [5.41, 5.74) is 0. The van der Waals surface area contributed by atoms with Gasteiger partial charge in [-0.15, -0.1) is 0 Å². The Hall–Kier alpha value is -1.10. The van der Waals surface area contributed by atoms with Gasteiger partial charge in [-0.05, 0) is 31.7 Å². The van der Waals surface area contributed by atoms with Crippen LogP contribution in [0.2, 0.25) is 0 Å². The molecule has 0 aromatic heterocycles. The Morgan fingerprint density at radius 2 is 1.90 bits per heavy atom. The van der Waals surface area contributed by atoms with Crippen LogP contribution in [0.4, 0.5) is 0 Å². The lowest BCUT2D eigenvalue weighted by Crippen LogP contribution is -2.53. The molecule has 1 amide bonds. The number of carboxylic acid groups (broad SMARTS) is 1. The minimum atomic E-state index is -0.784. The summed E-state index contributed by atoms with van der Waals surface area (Å²) < 4.78 is 0. The first kappa shape index (κ1) is 16.3. The molecule has 120 valence electrons. The number of likely N-dealkylation sites (tertiary alicyclic amines) is 1. The Balaban J connectivity index is 1.87. The van der Waals surface area contributed by atoms with Gasteiger partial charge in [0.05, 0.1) is 5.92 Å². The molecule has 1 heterocycles. The molecule has 5 heteroatoms. The van der Waals surface area contributed by atoms with Crippen LogP contribution in [0.15, 0.2) is 0 Å². The topological polar surface area (TPSA) is 69.6 Å². The zero-order valence-corrected chi connectivity index (χ0v) is 13.0. The Bertz CT molecular complexity index is 367. The second-order valence-electron chi connectivity index (χ2n) is 6.53. The molecule has 1 saturated carbocycles. The summed E-state index contributed by atoms with van der Waals surface area (Å²) in [7, 11) is 0. The number of hydrogen-bond donors (Lipinski definition) is 2. The van der Waals surface area contributed by atoms with E-state index in [1.54, 1.807) is 4.90 Å². The second kappa shape index (κ2) is 7.78. The highest BCUT2D eigenvalue weighted by Gasteiger charge is 2.33. The van der Waals surface area contributed by atoms with Crippen molar-refractivity contribution in [2.75, 3.05) is 19.6 Å². The van der Waals surface area contributed by atoms with Gasteiger partial charge in [0.2, 0.25) is 5.91 Å². The predicted molar refractivity (Wildman–Crippen MR) is 81.0 cm³/mol. The average molecular weight is 296 g/mol. The molecule has 21 heavy (non-hydrogen) atoms. The maximum atomic E-state index is 11.9. The lowest BCUT2D eigenvalue weighted by atomic mass is 9.88. The number of rotatable bonds is 5. The van der Waals surface area contributed by atoms with Crippen molar-refractivity contribution < 1.29 is 14.7 Å². The van der Waals surface area contributed by atoms with E-state index in [4.69, 9.17) is 0 Å². The monoisotopic (exact) mass is 296 g/mol. The summed E-state index contributed by atoms with van der Waals surface area (Å²) in [4.78, 5) is 24.9. The van der Waals surface area contributed by atoms with Crippen molar-refractivity contribution in [3.05, 3.63) is 0 Å². The van der Waals surface area contributed by atoms with Crippen LogP contribution >= 0.6 is 0 Å². The Labute approximate surface area is 127 Å². The van der Waals surface area contributed by atoms with Crippen molar-refractivity contribution >= 4 is 11.9 Å². The SMILES string of the molecule is CCC(=O)N1CC(NCC2CCCCC2)CC(C(=O)O)C1. The first-order valence-electron chi connectivity index (χ1n) is 8.34. The highest BCUT2D eigenvalue weighted by Crippen LogP contribution is 2.24. The number of piperidine rings is 1. The second-order valence-corrected chi connectivity index (χ2v) is 6.53. The standard InChI is InChI=1S/C16H28N2O3/c1-2-15(19)18-10-13(16(20)21)8-14(11-18)17-9-12-6-4-3-5-7-12/h12-14,17H,2-11H2,1H3,(H,20,21). The van der Waals surface area contributed by atoms with Gasteiger partial charge < -0.3 is 15.3 Å². The molecule has 0 radical (unpaired) electrons. The molecule has 2 aliphatic rings. The number of carboxylic acids is 1. The van der Waals surface area contributed by atoms with E-state index in [0.717, 1.165) is 12.5 Å². The van der Waals surface area contributed by atoms with E-state index in [-0.39, 0.29) is 11.9 Å². The van der Waals surface area contributed by atoms with Gasteiger partial charge in [-0.1, -0.05) is 26.2 Å². The fourth-order valence-corrected chi connectivity index (χ4v) is 3.58. The lowest BCUT2D eigenvalue weighted by molar-refractivity contribution is -0.146. The van der Waals surface area contributed by atoms with E-state index in [9.17, 15) is 14.7 Å². The average Bonchev–Trinajstić information content (AvgIpc) is 2.52. The van der Waals surface area contributed by atoms with Crippen molar-refractivity contribution in [1.29, 1.82) is 0 Å². The summed E-state index contributed by atoms with van der Waals surface area (Å²) in [6.45, 7) is 3.81. The fraction of sp³-hybridized carbons (Fsp3) is 0.875.